The number of thioether (sulfide) groups is 1. The zero-order valence-corrected chi connectivity index (χ0v) is 13.4. The van der Waals surface area contributed by atoms with Crippen LogP contribution in [0.3, 0.4) is 0 Å². The van der Waals surface area contributed by atoms with Gasteiger partial charge in [0.1, 0.15) is 6.04 Å². The molecule has 0 radical (unpaired) electrons. The molecule has 1 aliphatic heterocycles. The van der Waals surface area contributed by atoms with Gasteiger partial charge < -0.3 is 15.5 Å². The van der Waals surface area contributed by atoms with Crippen molar-refractivity contribution < 1.29 is 9.59 Å². The van der Waals surface area contributed by atoms with Gasteiger partial charge in [0.05, 0.1) is 5.88 Å². The van der Waals surface area contributed by atoms with Gasteiger partial charge in [-0.05, 0) is 19.4 Å². The highest BCUT2D eigenvalue weighted by molar-refractivity contribution is 7.99. The number of carbonyl (C=O) groups excluding carboxylic acids is 2. The van der Waals surface area contributed by atoms with E-state index in [1.165, 1.54) is 0 Å². The van der Waals surface area contributed by atoms with Gasteiger partial charge in [0.25, 0.3) is 0 Å². The number of nitrogens with one attached hydrogen (secondary N) is 2. The van der Waals surface area contributed by atoms with Crippen LogP contribution in [0.5, 0.6) is 0 Å². The molecule has 0 saturated carbocycles. The second kappa shape index (κ2) is 10.0. The lowest BCUT2D eigenvalue weighted by Gasteiger charge is -2.23. The standard InChI is InChI=1S/C14H27N3O2S/c1-3-5-6-13(18)17-11-20-10-12(17)14(19)16-9-8-15-7-4-2/h12,15H,3-11H2,1-2H3,(H,16,19). The summed E-state index contributed by atoms with van der Waals surface area (Å²) in [5, 5.41) is 6.16. The molecule has 0 aromatic rings. The number of rotatable bonds is 9. The number of unbranched alkanes of at least 4 members (excludes halogenated alkanes) is 1. The Morgan fingerprint density at radius 1 is 1.20 bits per heavy atom. The van der Waals surface area contributed by atoms with Crippen molar-refractivity contribution in [3.8, 4) is 0 Å². The SMILES string of the molecule is CCCCC(=O)N1CSCC1C(=O)NCCNCCC. The van der Waals surface area contributed by atoms with E-state index in [0.29, 0.717) is 24.6 Å². The maximum Gasteiger partial charge on any atom is 0.243 e. The fourth-order valence-corrected chi connectivity index (χ4v) is 3.25. The predicted molar refractivity (Wildman–Crippen MR) is 83.7 cm³/mol. The van der Waals surface area contributed by atoms with Crippen LogP contribution in [0.15, 0.2) is 0 Å². The van der Waals surface area contributed by atoms with Crippen LogP contribution in [0.2, 0.25) is 0 Å². The summed E-state index contributed by atoms with van der Waals surface area (Å²) in [7, 11) is 0. The first kappa shape index (κ1) is 17.3. The van der Waals surface area contributed by atoms with Gasteiger partial charge in [-0.2, -0.15) is 0 Å². The van der Waals surface area contributed by atoms with E-state index in [-0.39, 0.29) is 17.9 Å². The lowest BCUT2D eigenvalue weighted by atomic mass is 10.2. The Hall–Kier alpha value is -0.750. The summed E-state index contributed by atoms with van der Waals surface area (Å²) in [6.45, 7) is 6.55. The van der Waals surface area contributed by atoms with E-state index in [9.17, 15) is 9.59 Å². The molecule has 0 aromatic heterocycles. The van der Waals surface area contributed by atoms with Crippen molar-refractivity contribution >= 4 is 23.6 Å². The van der Waals surface area contributed by atoms with Gasteiger partial charge in [-0.3, -0.25) is 9.59 Å². The number of nitrogens with zero attached hydrogens (tertiary/aromatic N) is 1. The molecule has 2 N–H and O–H groups in total. The third-order valence-corrected chi connectivity index (χ3v) is 4.29. The molecular weight excluding hydrogens is 274 g/mol. The maximum atomic E-state index is 12.1. The Bertz CT molecular complexity index is 313. The second-order valence-electron chi connectivity index (χ2n) is 5.02. The number of hydrogen-bond acceptors (Lipinski definition) is 4. The normalized spacial score (nSPS) is 18.3. The van der Waals surface area contributed by atoms with Crippen LogP contribution in [0, 0.1) is 0 Å². The minimum atomic E-state index is -0.282. The first-order chi connectivity index (χ1) is 9.70. The number of amides is 2. The topological polar surface area (TPSA) is 61.4 Å². The summed E-state index contributed by atoms with van der Waals surface area (Å²) in [6.07, 6.45) is 3.55. The summed E-state index contributed by atoms with van der Waals surface area (Å²) >= 11 is 1.66. The van der Waals surface area contributed by atoms with Gasteiger partial charge in [0.2, 0.25) is 11.8 Å². The molecule has 0 spiro atoms. The minimum Gasteiger partial charge on any atom is -0.353 e. The highest BCUT2D eigenvalue weighted by atomic mass is 32.2. The molecule has 1 fully saturated rings. The van der Waals surface area contributed by atoms with E-state index < -0.39 is 0 Å². The van der Waals surface area contributed by atoms with Crippen molar-refractivity contribution in [1.29, 1.82) is 0 Å². The Labute approximate surface area is 126 Å². The fraction of sp³-hybridized carbons (Fsp3) is 0.857. The van der Waals surface area contributed by atoms with Gasteiger partial charge in [-0.25, -0.2) is 0 Å². The lowest BCUT2D eigenvalue weighted by Crippen LogP contribution is -2.48. The fourth-order valence-electron chi connectivity index (χ4n) is 2.07. The molecule has 1 atom stereocenters. The van der Waals surface area contributed by atoms with Crippen molar-refractivity contribution in [2.24, 2.45) is 0 Å². The van der Waals surface area contributed by atoms with Crippen LogP contribution in [0.25, 0.3) is 0 Å². The maximum absolute atomic E-state index is 12.1. The molecule has 1 unspecified atom stereocenters. The third kappa shape index (κ3) is 5.71. The first-order valence-electron chi connectivity index (χ1n) is 7.56. The summed E-state index contributed by atoms with van der Waals surface area (Å²) in [5.74, 6) is 1.46. The van der Waals surface area contributed by atoms with Crippen molar-refractivity contribution in [3.63, 3.8) is 0 Å². The molecule has 1 rings (SSSR count). The second-order valence-corrected chi connectivity index (χ2v) is 6.02. The van der Waals surface area contributed by atoms with E-state index in [4.69, 9.17) is 0 Å². The molecule has 20 heavy (non-hydrogen) atoms. The van der Waals surface area contributed by atoms with Gasteiger partial charge >= 0.3 is 0 Å². The summed E-state index contributed by atoms with van der Waals surface area (Å²) in [5.41, 5.74) is 0. The van der Waals surface area contributed by atoms with Crippen molar-refractivity contribution in [3.05, 3.63) is 0 Å². The van der Waals surface area contributed by atoms with Crippen molar-refractivity contribution in [2.45, 2.75) is 45.6 Å². The molecule has 0 aliphatic carbocycles. The average molecular weight is 301 g/mol. The lowest BCUT2D eigenvalue weighted by molar-refractivity contribution is -0.138. The average Bonchev–Trinajstić information content (AvgIpc) is 2.93. The van der Waals surface area contributed by atoms with E-state index in [0.717, 1.165) is 32.4 Å². The highest BCUT2D eigenvalue weighted by Gasteiger charge is 2.33. The Kier molecular flexibility index (Phi) is 8.69. The number of carbonyl (C=O) groups is 2. The Morgan fingerprint density at radius 2 is 2.00 bits per heavy atom. The van der Waals surface area contributed by atoms with E-state index in [1.54, 1.807) is 16.7 Å². The van der Waals surface area contributed by atoms with Crippen LogP contribution in [0.1, 0.15) is 39.5 Å². The molecule has 0 aromatic carbocycles. The molecule has 1 aliphatic rings. The zero-order valence-electron chi connectivity index (χ0n) is 12.6. The minimum absolute atomic E-state index is 0.0156. The molecular formula is C14H27N3O2S. The summed E-state index contributed by atoms with van der Waals surface area (Å²) in [4.78, 5) is 25.9. The number of hydrogen-bond donors (Lipinski definition) is 2. The van der Waals surface area contributed by atoms with Crippen LogP contribution in [-0.4, -0.2) is 54.0 Å². The molecule has 2 amide bonds. The van der Waals surface area contributed by atoms with Gasteiger partial charge in [-0.15, -0.1) is 11.8 Å². The quantitative estimate of drug-likeness (QED) is 0.628. The molecule has 1 saturated heterocycles. The zero-order chi connectivity index (χ0) is 14.8. The predicted octanol–water partition coefficient (Wildman–Crippen LogP) is 1.19. The Morgan fingerprint density at radius 3 is 2.70 bits per heavy atom. The molecule has 0 bridgehead atoms. The smallest absolute Gasteiger partial charge is 0.243 e. The summed E-state index contributed by atoms with van der Waals surface area (Å²) < 4.78 is 0. The summed E-state index contributed by atoms with van der Waals surface area (Å²) in [6, 6.07) is -0.282. The molecule has 6 heteroatoms. The molecule has 5 nitrogen and oxygen atoms in total. The van der Waals surface area contributed by atoms with E-state index >= 15 is 0 Å². The van der Waals surface area contributed by atoms with Gasteiger partial charge in [-0.1, -0.05) is 20.3 Å². The van der Waals surface area contributed by atoms with Crippen molar-refractivity contribution in [2.75, 3.05) is 31.3 Å². The molecule has 1 heterocycles. The van der Waals surface area contributed by atoms with Crippen molar-refractivity contribution in [1.82, 2.24) is 15.5 Å². The molecule has 116 valence electrons. The van der Waals surface area contributed by atoms with Crippen LogP contribution < -0.4 is 10.6 Å². The van der Waals surface area contributed by atoms with Gasteiger partial charge in [0.15, 0.2) is 0 Å². The first-order valence-corrected chi connectivity index (χ1v) is 8.71. The van der Waals surface area contributed by atoms with Crippen LogP contribution in [0.4, 0.5) is 0 Å². The van der Waals surface area contributed by atoms with E-state index in [1.807, 2.05) is 0 Å². The monoisotopic (exact) mass is 301 g/mol. The van der Waals surface area contributed by atoms with Crippen LogP contribution >= 0.6 is 11.8 Å². The largest absolute Gasteiger partial charge is 0.353 e. The van der Waals surface area contributed by atoms with E-state index in [2.05, 4.69) is 24.5 Å². The highest BCUT2D eigenvalue weighted by Crippen LogP contribution is 2.22. The third-order valence-electron chi connectivity index (χ3n) is 3.28. The van der Waals surface area contributed by atoms with Gasteiger partial charge in [0, 0.05) is 25.3 Å². The Balaban J connectivity index is 2.32. The van der Waals surface area contributed by atoms with Crippen LogP contribution in [-0.2, 0) is 9.59 Å².